The normalized spacial score (nSPS) is 12.0. The van der Waals surface area contributed by atoms with Gasteiger partial charge >= 0.3 is 0 Å². The zero-order valence-corrected chi connectivity index (χ0v) is 13.1. The Bertz CT molecular complexity index is 404. The number of carbonyl (C=O) groups is 1. The Balaban J connectivity index is 2.90. The molecule has 3 nitrogen and oxygen atoms in total. The summed E-state index contributed by atoms with van der Waals surface area (Å²) in [4.78, 5) is 12.6. The van der Waals surface area contributed by atoms with E-state index in [1.54, 1.807) is 14.2 Å². The lowest BCUT2D eigenvalue weighted by Crippen LogP contribution is -2.11. The van der Waals surface area contributed by atoms with E-state index in [4.69, 9.17) is 9.47 Å². The highest BCUT2D eigenvalue weighted by molar-refractivity contribution is 6.01. The van der Waals surface area contributed by atoms with Crippen LogP contribution < -0.4 is 9.47 Å². The maximum atomic E-state index is 12.6. The van der Waals surface area contributed by atoms with Crippen LogP contribution in [0.5, 0.6) is 11.5 Å². The summed E-state index contributed by atoms with van der Waals surface area (Å²) in [7, 11) is 3.17. The molecule has 0 bridgehead atoms. The van der Waals surface area contributed by atoms with Crippen LogP contribution in [0.3, 0.4) is 0 Å². The molecule has 0 aliphatic heterocycles. The van der Waals surface area contributed by atoms with Gasteiger partial charge in [0.2, 0.25) is 0 Å². The maximum absolute atomic E-state index is 12.6. The fourth-order valence-electron chi connectivity index (χ4n) is 2.43. The van der Waals surface area contributed by atoms with Crippen LogP contribution in [0.25, 0.3) is 0 Å². The van der Waals surface area contributed by atoms with E-state index >= 15 is 0 Å². The lowest BCUT2D eigenvalue weighted by atomic mass is 9.91. The van der Waals surface area contributed by atoms with Gasteiger partial charge in [0, 0.05) is 6.42 Å². The van der Waals surface area contributed by atoms with Crippen molar-refractivity contribution in [3.63, 3.8) is 0 Å². The molecule has 0 aliphatic rings. The zero-order valence-electron chi connectivity index (χ0n) is 13.1. The highest BCUT2D eigenvalue weighted by atomic mass is 16.5. The van der Waals surface area contributed by atoms with E-state index in [1.165, 1.54) is 12.8 Å². The van der Waals surface area contributed by atoms with Crippen LogP contribution in [0, 0.1) is 5.92 Å². The van der Waals surface area contributed by atoms with Crippen molar-refractivity contribution in [3.8, 4) is 11.5 Å². The van der Waals surface area contributed by atoms with Crippen molar-refractivity contribution in [1.82, 2.24) is 0 Å². The van der Waals surface area contributed by atoms with Gasteiger partial charge in [-0.2, -0.15) is 0 Å². The van der Waals surface area contributed by atoms with Crippen molar-refractivity contribution >= 4 is 5.78 Å². The van der Waals surface area contributed by atoms with Gasteiger partial charge in [-0.3, -0.25) is 4.79 Å². The van der Waals surface area contributed by atoms with Gasteiger partial charge in [-0.1, -0.05) is 45.6 Å². The molecule has 1 rings (SSSR count). The van der Waals surface area contributed by atoms with Gasteiger partial charge in [0.25, 0.3) is 0 Å². The number of hydrogen-bond donors (Lipinski definition) is 0. The number of unbranched alkanes of at least 4 members (excludes halogenated alkanes) is 1. The van der Waals surface area contributed by atoms with Crippen molar-refractivity contribution in [2.75, 3.05) is 14.2 Å². The lowest BCUT2D eigenvalue weighted by molar-refractivity contribution is 0.0951. The van der Waals surface area contributed by atoms with E-state index in [0.29, 0.717) is 29.4 Å². The number of rotatable bonds is 9. The molecule has 1 aromatic carbocycles. The Labute approximate surface area is 122 Å². The molecule has 0 heterocycles. The summed E-state index contributed by atoms with van der Waals surface area (Å²) in [6.45, 7) is 4.32. The van der Waals surface area contributed by atoms with Crippen LogP contribution >= 0.6 is 0 Å². The molecule has 0 radical (unpaired) electrons. The average Bonchev–Trinajstić information content (AvgIpc) is 2.50. The quantitative estimate of drug-likeness (QED) is 0.624. The van der Waals surface area contributed by atoms with Crippen molar-refractivity contribution in [2.45, 2.75) is 46.0 Å². The number of Topliss-reactive ketones (excluding diaryl/α,β-unsaturated/α-hetero) is 1. The first kappa shape index (κ1) is 16.5. The third-order valence-corrected chi connectivity index (χ3v) is 3.72. The molecule has 3 heteroatoms. The summed E-state index contributed by atoms with van der Waals surface area (Å²) in [5.41, 5.74) is 0.576. The molecule has 1 unspecified atom stereocenters. The van der Waals surface area contributed by atoms with Gasteiger partial charge in [-0.05, 0) is 18.1 Å². The van der Waals surface area contributed by atoms with E-state index in [1.807, 2.05) is 18.2 Å². The third-order valence-electron chi connectivity index (χ3n) is 3.72. The summed E-state index contributed by atoms with van der Waals surface area (Å²) in [6.07, 6.45) is 5.05. The molecule has 1 atom stereocenters. The first-order valence-electron chi connectivity index (χ1n) is 7.42. The van der Waals surface area contributed by atoms with Gasteiger partial charge in [-0.15, -0.1) is 0 Å². The van der Waals surface area contributed by atoms with Crippen LogP contribution in [-0.4, -0.2) is 20.0 Å². The number of ketones is 1. The predicted molar refractivity (Wildman–Crippen MR) is 81.8 cm³/mol. The van der Waals surface area contributed by atoms with Crippen molar-refractivity contribution in [2.24, 2.45) is 5.92 Å². The first-order valence-corrected chi connectivity index (χ1v) is 7.42. The third kappa shape index (κ3) is 4.26. The summed E-state index contributed by atoms with van der Waals surface area (Å²) in [5.74, 6) is 1.75. The zero-order chi connectivity index (χ0) is 15.0. The lowest BCUT2D eigenvalue weighted by Gasteiger charge is -2.16. The van der Waals surface area contributed by atoms with Crippen molar-refractivity contribution < 1.29 is 14.3 Å². The predicted octanol–water partition coefficient (Wildman–Crippen LogP) is 4.49. The summed E-state index contributed by atoms with van der Waals surface area (Å²) in [5, 5.41) is 0. The van der Waals surface area contributed by atoms with Gasteiger partial charge in [0.15, 0.2) is 5.78 Å². The second-order valence-corrected chi connectivity index (χ2v) is 5.08. The molecule has 0 N–H and O–H groups in total. The summed E-state index contributed by atoms with van der Waals surface area (Å²) < 4.78 is 10.6. The highest BCUT2D eigenvalue weighted by Gasteiger charge is 2.20. The molecule has 1 aromatic rings. The van der Waals surface area contributed by atoms with Gasteiger partial charge in [0.1, 0.15) is 17.1 Å². The largest absolute Gasteiger partial charge is 0.496 e. The minimum atomic E-state index is 0.113. The Hall–Kier alpha value is -1.51. The number of benzene rings is 1. The van der Waals surface area contributed by atoms with E-state index in [0.717, 1.165) is 12.8 Å². The second kappa shape index (κ2) is 8.62. The Morgan fingerprint density at radius 1 is 1.15 bits per heavy atom. The molecule has 112 valence electrons. The fraction of sp³-hybridized carbons (Fsp3) is 0.588. The fourth-order valence-corrected chi connectivity index (χ4v) is 2.43. The smallest absolute Gasteiger partial charge is 0.170 e. The highest BCUT2D eigenvalue weighted by Crippen LogP contribution is 2.31. The Morgan fingerprint density at radius 2 is 1.75 bits per heavy atom. The number of hydrogen-bond acceptors (Lipinski definition) is 3. The summed E-state index contributed by atoms with van der Waals surface area (Å²) >= 11 is 0. The molecule has 0 saturated carbocycles. The molecule has 0 spiro atoms. The number of carbonyl (C=O) groups excluding carboxylic acids is 1. The second-order valence-electron chi connectivity index (χ2n) is 5.08. The minimum absolute atomic E-state index is 0.113. The molecule has 20 heavy (non-hydrogen) atoms. The van der Waals surface area contributed by atoms with E-state index < -0.39 is 0 Å². The van der Waals surface area contributed by atoms with Crippen molar-refractivity contribution in [1.29, 1.82) is 0 Å². The topological polar surface area (TPSA) is 35.5 Å². The Kier molecular flexibility index (Phi) is 7.13. The average molecular weight is 278 g/mol. The van der Waals surface area contributed by atoms with Gasteiger partial charge in [0.05, 0.1) is 14.2 Å². The minimum Gasteiger partial charge on any atom is -0.496 e. The molecule has 0 aromatic heterocycles. The SMILES string of the molecule is CCCCC(CC)CC(=O)c1c(OC)cccc1OC. The van der Waals surface area contributed by atoms with Gasteiger partial charge < -0.3 is 9.47 Å². The van der Waals surface area contributed by atoms with E-state index in [-0.39, 0.29) is 5.78 Å². The van der Waals surface area contributed by atoms with E-state index in [2.05, 4.69) is 13.8 Å². The van der Waals surface area contributed by atoms with Crippen molar-refractivity contribution in [3.05, 3.63) is 23.8 Å². The van der Waals surface area contributed by atoms with Crippen LogP contribution in [0.1, 0.15) is 56.3 Å². The molecule has 0 fully saturated rings. The molecule has 0 amide bonds. The molecular formula is C17H26O3. The van der Waals surface area contributed by atoms with Crippen LogP contribution in [-0.2, 0) is 0 Å². The monoisotopic (exact) mass is 278 g/mol. The van der Waals surface area contributed by atoms with Gasteiger partial charge in [-0.25, -0.2) is 0 Å². The standard InChI is InChI=1S/C17H26O3/c1-5-7-9-13(6-2)12-14(18)17-15(19-3)10-8-11-16(17)20-4/h8,10-11,13H,5-7,9,12H2,1-4H3. The van der Waals surface area contributed by atoms with Crippen LogP contribution in [0.2, 0.25) is 0 Å². The van der Waals surface area contributed by atoms with Crippen LogP contribution in [0.15, 0.2) is 18.2 Å². The molecule has 0 aliphatic carbocycles. The Morgan fingerprint density at radius 3 is 2.20 bits per heavy atom. The van der Waals surface area contributed by atoms with E-state index in [9.17, 15) is 4.79 Å². The number of ether oxygens (including phenoxy) is 2. The molecular weight excluding hydrogens is 252 g/mol. The number of methoxy groups -OCH3 is 2. The first-order chi connectivity index (χ1) is 9.67. The summed E-state index contributed by atoms with van der Waals surface area (Å²) in [6, 6.07) is 5.45. The molecule has 0 saturated heterocycles. The van der Waals surface area contributed by atoms with Crippen LogP contribution in [0.4, 0.5) is 0 Å². The maximum Gasteiger partial charge on any atom is 0.170 e.